The summed E-state index contributed by atoms with van der Waals surface area (Å²) in [5.74, 6) is -0.327. The topological polar surface area (TPSA) is 89.8 Å². The SMILES string of the molecule is CCCCCCCCCCCCCC/C=C\CCCCCCCCCCCCCC(O)CC(=O)NC(CO)C(O)/C=C/CC/C=C/CC/C=C/CCCCCCCCCCCCCC. The predicted molar refractivity (Wildman–Crippen MR) is 282 cm³/mol. The highest BCUT2D eigenvalue weighted by atomic mass is 16.3. The molecule has 0 aliphatic rings. The van der Waals surface area contributed by atoms with Crippen LogP contribution in [0.25, 0.3) is 0 Å². The first-order valence-electron chi connectivity index (χ1n) is 28.4. The second kappa shape index (κ2) is 53.9. The summed E-state index contributed by atoms with van der Waals surface area (Å²) in [6.07, 6.45) is 71.6. The van der Waals surface area contributed by atoms with E-state index in [2.05, 4.69) is 55.6 Å². The Morgan fingerprint density at radius 1 is 0.391 bits per heavy atom. The van der Waals surface area contributed by atoms with Crippen molar-refractivity contribution >= 4 is 5.91 Å². The van der Waals surface area contributed by atoms with Crippen LogP contribution in [-0.2, 0) is 4.79 Å². The zero-order chi connectivity index (χ0) is 46.5. The van der Waals surface area contributed by atoms with Gasteiger partial charge in [0.05, 0.1) is 31.3 Å². The number of aliphatic hydroxyl groups is 3. The fourth-order valence-electron chi connectivity index (χ4n) is 8.72. The smallest absolute Gasteiger partial charge is 0.222 e. The molecule has 0 spiro atoms. The van der Waals surface area contributed by atoms with E-state index in [-0.39, 0.29) is 18.9 Å². The Kier molecular flexibility index (Phi) is 52.5. The minimum Gasteiger partial charge on any atom is -0.394 e. The quantitative estimate of drug-likeness (QED) is 0.0362. The maximum atomic E-state index is 12.5. The van der Waals surface area contributed by atoms with E-state index in [0.717, 1.165) is 38.5 Å². The number of hydrogen-bond donors (Lipinski definition) is 4. The molecule has 0 saturated carbocycles. The Morgan fingerprint density at radius 2 is 0.672 bits per heavy atom. The van der Waals surface area contributed by atoms with E-state index in [1.807, 2.05) is 6.08 Å². The van der Waals surface area contributed by atoms with E-state index >= 15 is 0 Å². The Morgan fingerprint density at radius 3 is 1.00 bits per heavy atom. The van der Waals surface area contributed by atoms with Crippen LogP contribution >= 0.6 is 0 Å². The van der Waals surface area contributed by atoms with Gasteiger partial charge in [-0.3, -0.25) is 4.79 Å². The number of unbranched alkanes of at least 4 members (excludes halogenated alkanes) is 37. The number of hydrogen-bond acceptors (Lipinski definition) is 4. The molecule has 64 heavy (non-hydrogen) atoms. The largest absolute Gasteiger partial charge is 0.394 e. The molecular formula is C59H111NO4. The number of carbonyl (C=O) groups is 1. The molecule has 3 atom stereocenters. The fourth-order valence-corrected chi connectivity index (χ4v) is 8.72. The summed E-state index contributed by atoms with van der Waals surface area (Å²) < 4.78 is 0. The number of nitrogens with one attached hydrogen (secondary N) is 1. The molecule has 0 bridgehead atoms. The monoisotopic (exact) mass is 898 g/mol. The van der Waals surface area contributed by atoms with Gasteiger partial charge in [-0.25, -0.2) is 0 Å². The van der Waals surface area contributed by atoms with E-state index in [1.54, 1.807) is 6.08 Å². The maximum absolute atomic E-state index is 12.5. The Balaban J connectivity index is 3.62. The van der Waals surface area contributed by atoms with Crippen LogP contribution in [0.4, 0.5) is 0 Å². The van der Waals surface area contributed by atoms with Crippen molar-refractivity contribution in [1.82, 2.24) is 5.32 Å². The summed E-state index contributed by atoms with van der Waals surface area (Å²) in [6, 6.07) is -0.769. The van der Waals surface area contributed by atoms with Crippen molar-refractivity contribution in [2.24, 2.45) is 0 Å². The molecule has 0 aliphatic carbocycles. The number of carbonyl (C=O) groups excluding carboxylic acids is 1. The minimum atomic E-state index is -0.962. The Labute approximate surface area is 399 Å². The number of allylic oxidation sites excluding steroid dienone is 7. The summed E-state index contributed by atoms with van der Waals surface area (Å²) in [5.41, 5.74) is 0. The third kappa shape index (κ3) is 49.7. The van der Waals surface area contributed by atoms with Crippen LogP contribution in [0.15, 0.2) is 48.6 Å². The highest BCUT2D eigenvalue weighted by molar-refractivity contribution is 5.76. The van der Waals surface area contributed by atoms with Crippen LogP contribution in [0, 0.1) is 0 Å². The lowest BCUT2D eigenvalue weighted by atomic mass is 10.0. The zero-order valence-corrected chi connectivity index (χ0v) is 42.9. The normalized spacial score (nSPS) is 13.6. The Hall–Kier alpha value is -1.69. The molecule has 1 amide bonds. The average Bonchev–Trinajstić information content (AvgIpc) is 3.29. The van der Waals surface area contributed by atoms with Crippen LogP contribution in [0.3, 0.4) is 0 Å². The lowest BCUT2D eigenvalue weighted by molar-refractivity contribution is -0.124. The molecule has 4 N–H and O–H groups in total. The fraction of sp³-hybridized carbons (Fsp3) is 0.847. The van der Waals surface area contributed by atoms with Gasteiger partial charge in [0, 0.05) is 0 Å². The highest BCUT2D eigenvalue weighted by Gasteiger charge is 2.20. The van der Waals surface area contributed by atoms with E-state index in [0.29, 0.717) is 6.42 Å². The first kappa shape index (κ1) is 62.3. The molecule has 5 heteroatoms. The van der Waals surface area contributed by atoms with Crippen molar-refractivity contribution in [3.63, 3.8) is 0 Å². The van der Waals surface area contributed by atoms with Crippen molar-refractivity contribution in [3.05, 3.63) is 48.6 Å². The van der Waals surface area contributed by atoms with Crippen LogP contribution in [0.1, 0.15) is 296 Å². The number of amides is 1. The molecular weight excluding hydrogens is 787 g/mol. The second-order valence-electron chi connectivity index (χ2n) is 19.5. The molecule has 0 heterocycles. The van der Waals surface area contributed by atoms with Gasteiger partial charge >= 0.3 is 0 Å². The summed E-state index contributed by atoms with van der Waals surface area (Å²) in [6.45, 7) is 4.23. The van der Waals surface area contributed by atoms with E-state index in [1.165, 1.54) is 231 Å². The van der Waals surface area contributed by atoms with E-state index in [4.69, 9.17) is 0 Å². The maximum Gasteiger partial charge on any atom is 0.222 e. The van der Waals surface area contributed by atoms with Gasteiger partial charge in [-0.05, 0) is 70.6 Å². The summed E-state index contributed by atoms with van der Waals surface area (Å²) >= 11 is 0. The van der Waals surface area contributed by atoms with Crippen LogP contribution < -0.4 is 5.32 Å². The van der Waals surface area contributed by atoms with Crippen molar-refractivity contribution in [2.45, 2.75) is 315 Å². The molecule has 3 unspecified atom stereocenters. The van der Waals surface area contributed by atoms with Gasteiger partial charge in [-0.2, -0.15) is 0 Å². The first-order valence-corrected chi connectivity index (χ1v) is 28.4. The molecule has 0 rings (SSSR count). The second-order valence-corrected chi connectivity index (χ2v) is 19.5. The van der Waals surface area contributed by atoms with Crippen molar-refractivity contribution in [3.8, 4) is 0 Å². The highest BCUT2D eigenvalue weighted by Crippen LogP contribution is 2.17. The van der Waals surface area contributed by atoms with Gasteiger partial charge in [0.1, 0.15) is 0 Å². The van der Waals surface area contributed by atoms with Gasteiger partial charge in [0.15, 0.2) is 0 Å². The van der Waals surface area contributed by atoms with Gasteiger partial charge in [-0.15, -0.1) is 0 Å². The summed E-state index contributed by atoms with van der Waals surface area (Å²) in [5, 5.41) is 33.4. The predicted octanol–water partition coefficient (Wildman–Crippen LogP) is 17.6. The third-order valence-corrected chi connectivity index (χ3v) is 13.1. The lowest BCUT2D eigenvalue weighted by Gasteiger charge is -2.21. The molecule has 0 fully saturated rings. The molecule has 5 nitrogen and oxygen atoms in total. The average molecular weight is 899 g/mol. The first-order chi connectivity index (χ1) is 31.5. The standard InChI is InChI=1S/C59H111NO4/c1-3-5-7-9-11-13-15-17-19-21-23-25-27-28-29-30-31-32-34-36-38-40-42-44-46-48-50-52-56(62)54-59(64)60-57(55-61)58(63)53-51-49-47-45-43-41-39-37-35-33-26-24-22-20-18-16-14-12-10-8-6-4-2/h28-29,35,37,43,45,51,53,56-58,61-63H,3-27,30-34,36,38-42,44,46-50,52,54-55H2,1-2H3,(H,60,64)/b29-28-,37-35+,45-43+,53-51+. The van der Waals surface area contributed by atoms with Crippen molar-refractivity contribution < 1.29 is 20.1 Å². The molecule has 376 valence electrons. The molecule has 0 saturated heterocycles. The molecule has 0 aromatic rings. The minimum absolute atomic E-state index is 0.00206. The van der Waals surface area contributed by atoms with Crippen LogP contribution in [-0.4, -0.2) is 46.1 Å². The van der Waals surface area contributed by atoms with Gasteiger partial charge in [0.2, 0.25) is 5.91 Å². The number of aliphatic hydroxyl groups excluding tert-OH is 3. The van der Waals surface area contributed by atoms with Crippen LogP contribution in [0.2, 0.25) is 0 Å². The van der Waals surface area contributed by atoms with Gasteiger partial charge in [-0.1, -0.05) is 268 Å². The van der Waals surface area contributed by atoms with Gasteiger partial charge in [0.25, 0.3) is 0 Å². The van der Waals surface area contributed by atoms with E-state index in [9.17, 15) is 20.1 Å². The molecule has 0 aromatic carbocycles. The Bertz CT molecular complexity index is 1040. The van der Waals surface area contributed by atoms with Crippen LogP contribution in [0.5, 0.6) is 0 Å². The zero-order valence-electron chi connectivity index (χ0n) is 42.9. The molecule has 0 radical (unpaired) electrons. The van der Waals surface area contributed by atoms with Crippen molar-refractivity contribution in [2.75, 3.05) is 6.61 Å². The molecule has 0 aromatic heterocycles. The lowest BCUT2D eigenvalue weighted by Crippen LogP contribution is -2.45. The van der Waals surface area contributed by atoms with Crippen molar-refractivity contribution in [1.29, 1.82) is 0 Å². The van der Waals surface area contributed by atoms with E-state index < -0.39 is 18.2 Å². The molecule has 0 aliphatic heterocycles. The summed E-state index contributed by atoms with van der Waals surface area (Å²) in [4.78, 5) is 12.5. The van der Waals surface area contributed by atoms with Gasteiger partial charge < -0.3 is 20.6 Å². The number of rotatable bonds is 52. The summed E-state index contributed by atoms with van der Waals surface area (Å²) in [7, 11) is 0. The third-order valence-electron chi connectivity index (χ3n) is 13.1.